The summed E-state index contributed by atoms with van der Waals surface area (Å²) in [6.07, 6.45) is 0. The third-order valence-corrected chi connectivity index (χ3v) is 4.78. The third-order valence-electron chi connectivity index (χ3n) is 4.78. The van der Waals surface area contributed by atoms with Gasteiger partial charge in [0.2, 0.25) is 0 Å². The van der Waals surface area contributed by atoms with Crippen LogP contribution in [-0.2, 0) is 11.3 Å². The van der Waals surface area contributed by atoms with Gasteiger partial charge in [0.1, 0.15) is 11.3 Å². The maximum atomic E-state index is 12.1. The molecule has 5 nitrogen and oxygen atoms in total. The highest BCUT2D eigenvalue weighted by Crippen LogP contribution is 2.29. The number of carbonyl (C=O) groups is 1. The molecular weight excluding hydrogens is 378 g/mol. The topological polar surface area (TPSA) is 68.5 Å². The lowest BCUT2D eigenvalue weighted by Gasteiger charge is -2.10. The van der Waals surface area contributed by atoms with Gasteiger partial charge in [0.05, 0.1) is 0 Å². The van der Waals surface area contributed by atoms with Crippen molar-refractivity contribution in [1.82, 2.24) is 5.32 Å². The number of carbonyl (C=O) groups excluding carboxylic acids is 1. The molecule has 3 aromatic carbocycles. The Hall–Kier alpha value is -3.86. The Kier molecular flexibility index (Phi) is 5.61. The summed E-state index contributed by atoms with van der Waals surface area (Å²) < 4.78 is 10.9. The van der Waals surface area contributed by atoms with E-state index in [1.807, 2.05) is 67.6 Å². The van der Waals surface area contributed by atoms with Crippen molar-refractivity contribution in [3.63, 3.8) is 0 Å². The zero-order valence-electron chi connectivity index (χ0n) is 16.6. The lowest BCUT2D eigenvalue weighted by Crippen LogP contribution is -2.28. The second-order valence-electron chi connectivity index (χ2n) is 7.05. The molecule has 0 aliphatic heterocycles. The Morgan fingerprint density at radius 3 is 2.50 bits per heavy atom. The van der Waals surface area contributed by atoms with Gasteiger partial charge in [-0.1, -0.05) is 60.2 Å². The largest absolute Gasteiger partial charge is 0.484 e. The highest BCUT2D eigenvalue weighted by molar-refractivity contribution is 5.93. The molecule has 150 valence electrons. The average molecular weight is 399 g/mol. The molecule has 0 unspecified atom stereocenters. The second-order valence-corrected chi connectivity index (χ2v) is 7.05. The van der Waals surface area contributed by atoms with Crippen molar-refractivity contribution in [1.29, 1.82) is 0 Å². The van der Waals surface area contributed by atoms with Crippen LogP contribution in [0.4, 0.5) is 0 Å². The minimum Gasteiger partial charge on any atom is -0.484 e. The Bertz CT molecular complexity index is 1230. The van der Waals surface area contributed by atoms with Gasteiger partial charge >= 0.3 is 5.63 Å². The minimum atomic E-state index is -0.436. The van der Waals surface area contributed by atoms with Crippen molar-refractivity contribution >= 4 is 16.9 Å². The van der Waals surface area contributed by atoms with Gasteiger partial charge in [-0.3, -0.25) is 4.79 Å². The van der Waals surface area contributed by atoms with Crippen LogP contribution in [0.1, 0.15) is 11.1 Å². The first-order valence-electron chi connectivity index (χ1n) is 9.67. The molecular formula is C25H21NO4. The van der Waals surface area contributed by atoms with Crippen LogP contribution in [0.3, 0.4) is 0 Å². The summed E-state index contributed by atoms with van der Waals surface area (Å²) in [6.45, 7) is 2.33. The summed E-state index contributed by atoms with van der Waals surface area (Å²) in [5.74, 6) is 0.233. The van der Waals surface area contributed by atoms with Gasteiger partial charge in [-0.15, -0.1) is 0 Å². The number of rotatable bonds is 6. The van der Waals surface area contributed by atoms with Gasteiger partial charge < -0.3 is 14.5 Å². The molecule has 1 heterocycles. The first kappa shape index (κ1) is 19.5. The van der Waals surface area contributed by atoms with Gasteiger partial charge in [0, 0.05) is 24.1 Å². The number of hydrogen-bond acceptors (Lipinski definition) is 4. The molecule has 0 aliphatic carbocycles. The van der Waals surface area contributed by atoms with Gasteiger partial charge in [0.15, 0.2) is 6.61 Å². The molecule has 4 rings (SSSR count). The first-order chi connectivity index (χ1) is 14.6. The Labute approximate surface area is 173 Å². The molecule has 0 radical (unpaired) electrons. The molecule has 30 heavy (non-hydrogen) atoms. The van der Waals surface area contributed by atoms with Crippen LogP contribution in [0, 0.1) is 6.92 Å². The maximum absolute atomic E-state index is 12.1. The number of aryl methyl sites for hydroxylation is 1. The number of ether oxygens (including phenoxy) is 1. The summed E-state index contributed by atoms with van der Waals surface area (Å²) >= 11 is 0. The van der Waals surface area contributed by atoms with E-state index in [1.165, 1.54) is 11.6 Å². The summed E-state index contributed by atoms with van der Waals surface area (Å²) in [5.41, 5.74) is 3.90. The molecule has 4 aromatic rings. The van der Waals surface area contributed by atoms with Crippen LogP contribution < -0.4 is 15.7 Å². The van der Waals surface area contributed by atoms with Crippen LogP contribution in [0.15, 0.2) is 88.1 Å². The molecule has 0 aliphatic rings. The predicted octanol–water partition coefficient (Wildman–Crippen LogP) is 4.46. The standard InChI is InChI=1S/C25H21NO4/c1-17-7-9-18(10-8-17)15-26-24(27)16-29-20-11-12-21-22(19-5-3-2-4-6-19)14-25(28)30-23(21)13-20/h2-14H,15-16H2,1H3,(H,26,27). The number of amides is 1. The smallest absolute Gasteiger partial charge is 0.336 e. The van der Waals surface area contributed by atoms with Crippen LogP contribution in [0.2, 0.25) is 0 Å². The van der Waals surface area contributed by atoms with E-state index in [4.69, 9.17) is 9.15 Å². The first-order valence-corrected chi connectivity index (χ1v) is 9.67. The fourth-order valence-corrected chi connectivity index (χ4v) is 3.20. The van der Waals surface area contributed by atoms with Crippen LogP contribution in [-0.4, -0.2) is 12.5 Å². The van der Waals surface area contributed by atoms with Crippen molar-refractivity contribution in [2.24, 2.45) is 0 Å². The molecule has 1 aromatic heterocycles. The quantitative estimate of drug-likeness (QED) is 0.486. The summed E-state index contributed by atoms with van der Waals surface area (Å²) in [4.78, 5) is 24.1. The molecule has 0 bridgehead atoms. The van der Waals surface area contributed by atoms with Crippen LogP contribution in [0.5, 0.6) is 5.75 Å². The molecule has 0 saturated carbocycles. The molecule has 0 fully saturated rings. The zero-order chi connectivity index (χ0) is 20.9. The zero-order valence-corrected chi connectivity index (χ0v) is 16.6. The van der Waals surface area contributed by atoms with E-state index < -0.39 is 5.63 Å². The van der Waals surface area contributed by atoms with E-state index in [9.17, 15) is 9.59 Å². The normalized spacial score (nSPS) is 10.7. The van der Waals surface area contributed by atoms with E-state index in [2.05, 4.69) is 5.32 Å². The number of hydrogen-bond donors (Lipinski definition) is 1. The van der Waals surface area contributed by atoms with Crippen molar-refractivity contribution < 1.29 is 13.9 Å². The van der Waals surface area contributed by atoms with E-state index >= 15 is 0 Å². The monoisotopic (exact) mass is 399 g/mol. The van der Waals surface area contributed by atoms with Gasteiger partial charge in [-0.25, -0.2) is 4.79 Å². The highest BCUT2D eigenvalue weighted by atomic mass is 16.5. The summed E-state index contributed by atoms with van der Waals surface area (Å²) in [5, 5.41) is 3.63. The fraction of sp³-hybridized carbons (Fsp3) is 0.120. The molecule has 0 saturated heterocycles. The Morgan fingerprint density at radius 2 is 1.73 bits per heavy atom. The van der Waals surface area contributed by atoms with Crippen molar-refractivity contribution in [3.05, 3.63) is 100 Å². The molecule has 0 spiro atoms. The van der Waals surface area contributed by atoms with Gasteiger partial charge in [0.25, 0.3) is 5.91 Å². The van der Waals surface area contributed by atoms with E-state index in [0.717, 1.165) is 22.1 Å². The Morgan fingerprint density at radius 1 is 0.967 bits per heavy atom. The van der Waals surface area contributed by atoms with Gasteiger partial charge in [-0.2, -0.15) is 0 Å². The average Bonchev–Trinajstić information content (AvgIpc) is 2.77. The van der Waals surface area contributed by atoms with Crippen molar-refractivity contribution in [3.8, 4) is 16.9 Å². The number of benzene rings is 3. The molecule has 1 amide bonds. The predicted molar refractivity (Wildman–Crippen MR) is 116 cm³/mol. The summed E-state index contributed by atoms with van der Waals surface area (Å²) in [6, 6.07) is 24.3. The number of fused-ring (bicyclic) bond motifs is 1. The lowest BCUT2D eigenvalue weighted by molar-refractivity contribution is -0.123. The lowest BCUT2D eigenvalue weighted by atomic mass is 10.0. The SMILES string of the molecule is Cc1ccc(CNC(=O)COc2ccc3c(-c4ccccc4)cc(=O)oc3c2)cc1. The molecule has 0 atom stereocenters. The minimum absolute atomic E-state index is 0.125. The van der Waals surface area contributed by atoms with E-state index in [-0.39, 0.29) is 12.5 Å². The summed E-state index contributed by atoms with van der Waals surface area (Å²) in [7, 11) is 0. The van der Waals surface area contributed by atoms with E-state index in [1.54, 1.807) is 12.1 Å². The van der Waals surface area contributed by atoms with Crippen molar-refractivity contribution in [2.45, 2.75) is 13.5 Å². The second kappa shape index (κ2) is 8.66. The number of nitrogens with one attached hydrogen (secondary N) is 1. The molecule has 5 heteroatoms. The van der Waals surface area contributed by atoms with Crippen LogP contribution in [0.25, 0.3) is 22.1 Å². The molecule has 1 N–H and O–H groups in total. The maximum Gasteiger partial charge on any atom is 0.336 e. The van der Waals surface area contributed by atoms with Gasteiger partial charge in [-0.05, 0) is 35.7 Å². The highest BCUT2D eigenvalue weighted by Gasteiger charge is 2.10. The van der Waals surface area contributed by atoms with Crippen molar-refractivity contribution in [2.75, 3.05) is 6.61 Å². The fourth-order valence-electron chi connectivity index (χ4n) is 3.20. The Balaban J connectivity index is 1.45. The third kappa shape index (κ3) is 4.58. The van der Waals surface area contributed by atoms with Crippen LogP contribution >= 0.6 is 0 Å². The van der Waals surface area contributed by atoms with E-state index in [0.29, 0.717) is 17.9 Å².